The zero-order valence-electron chi connectivity index (χ0n) is 10.6. The van der Waals surface area contributed by atoms with Crippen molar-refractivity contribution in [1.29, 1.82) is 0 Å². The predicted octanol–water partition coefficient (Wildman–Crippen LogP) is 0.130. The molecule has 2 heterocycles. The molecule has 1 unspecified atom stereocenters. The van der Waals surface area contributed by atoms with Gasteiger partial charge >= 0.3 is 0 Å². The molecule has 0 amide bonds. The first-order chi connectivity index (χ1) is 9.17. The second kappa shape index (κ2) is 5.79. The second-order valence-electron chi connectivity index (χ2n) is 4.14. The van der Waals surface area contributed by atoms with Crippen LogP contribution in [0.2, 0.25) is 0 Å². The van der Waals surface area contributed by atoms with E-state index in [0.29, 0.717) is 25.3 Å². The molecule has 0 saturated carbocycles. The fraction of sp³-hybridized carbons (Fsp3) is 0.545. The lowest BCUT2D eigenvalue weighted by atomic mass is 10.2. The average Bonchev–Trinajstić information content (AvgIpc) is 2.46. The molecule has 3 N–H and O–H groups in total. The minimum Gasteiger partial charge on any atom is -0.409 e. The third-order valence-corrected chi connectivity index (χ3v) is 2.99. The molecule has 1 fully saturated rings. The van der Waals surface area contributed by atoms with Crippen LogP contribution in [0, 0.1) is 5.82 Å². The summed E-state index contributed by atoms with van der Waals surface area (Å²) in [6.07, 6.45) is 1.26. The zero-order chi connectivity index (χ0) is 13.8. The number of aromatic nitrogens is 2. The van der Waals surface area contributed by atoms with Gasteiger partial charge in [0.2, 0.25) is 0 Å². The number of amidine groups is 1. The van der Waals surface area contributed by atoms with Crippen molar-refractivity contribution in [2.24, 2.45) is 10.9 Å². The van der Waals surface area contributed by atoms with Crippen molar-refractivity contribution in [3.8, 4) is 0 Å². The maximum atomic E-state index is 14.1. The summed E-state index contributed by atoms with van der Waals surface area (Å²) in [6.45, 7) is 2.96. The molecule has 8 heteroatoms. The maximum absolute atomic E-state index is 14.1. The number of rotatable bonds is 3. The molecular weight excluding hydrogens is 253 g/mol. The van der Waals surface area contributed by atoms with E-state index in [-0.39, 0.29) is 18.2 Å². The number of aryl methyl sites for hydroxylation is 1. The van der Waals surface area contributed by atoms with E-state index in [9.17, 15) is 4.39 Å². The molecule has 1 aliphatic rings. The summed E-state index contributed by atoms with van der Waals surface area (Å²) >= 11 is 0. The largest absolute Gasteiger partial charge is 0.409 e. The predicted molar refractivity (Wildman–Crippen MR) is 66.7 cm³/mol. The minimum absolute atomic E-state index is 0.0325. The molecular formula is C11H16FN5O2. The lowest BCUT2D eigenvalue weighted by molar-refractivity contribution is 0.0801. The monoisotopic (exact) mass is 269 g/mol. The molecule has 0 aromatic carbocycles. The first-order valence-corrected chi connectivity index (χ1v) is 6.00. The number of hydrogen-bond donors (Lipinski definition) is 2. The number of morpholine rings is 1. The lowest BCUT2D eigenvalue weighted by Crippen LogP contribution is -2.49. The lowest BCUT2D eigenvalue weighted by Gasteiger charge is -2.33. The number of nitrogens with two attached hydrogens (primary N) is 1. The van der Waals surface area contributed by atoms with Gasteiger partial charge in [0, 0.05) is 6.54 Å². The molecule has 0 radical (unpaired) electrons. The van der Waals surface area contributed by atoms with Gasteiger partial charge in [0.05, 0.1) is 18.8 Å². The highest BCUT2D eigenvalue weighted by molar-refractivity contribution is 5.85. The third kappa shape index (κ3) is 2.73. The third-order valence-electron chi connectivity index (χ3n) is 2.99. The number of nitrogens with zero attached hydrogens (tertiary/aromatic N) is 4. The maximum Gasteiger partial charge on any atom is 0.187 e. The van der Waals surface area contributed by atoms with E-state index in [1.807, 2.05) is 6.92 Å². The van der Waals surface area contributed by atoms with E-state index in [4.69, 9.17) is 15.7 Å². The summed E-state index contributed by atoms with van der Waals surface area (Å²) in [4.78, 5) is 9.57. The second-order valence-corrected chi connectivity index (χ2v) is 4.14. The van der Waals surface area contributed by atoms with Gasteiger partial charge in [0.1, 0.15) is 12.4 Å². The summed E-state index contributed by atoms with van der Waals surface area (Å²) in [5, 5.41) is 11.6. The Balaban J connectivity index is 2.22. The standard InChI is InChI=1S/C11H16FN5O2/c1-2-7-9(12)11(15-6-14-7)17-3-4-19-8(5-17)10(13)16-18/h6,8,18H,2-5H2,1H3,(H2,13,16). The van der Waals surface area contributed by atoms with Crippen molar-refractivity contribution < 1.29 is 14.3 Å². The van der Waals surface area contributed by atoms with Crippen molar-refractivity contribution in [2.75, 3.05) is 24.6 Å². The summed E-state index contributed by atoms with van der Waals surface area (Å²) in [7, 11) is 0. The Bertz CT molecular complexity index is 482. The average molecular weight is 269 g/mol. The molecule has 104 valence electrons. The summed E-state index contributed by atoms with van der Waals surface area (Å²) in [5.74, 6) is -0.231. The van der Waals surface area contributed by atoms with Crippen LogP contribution in [0.1, 0.15) is 12.6 Å². The Labute approximate surface area is 109 Å². The molecule has 0 bridgehead atoms. The van der Waals surface area contributed by atoms with Gasteiger partial charge in [-0.2, -0.15) is 0 Å². The van der Waals surface area contributed by atoms with Gasteiger partial charge in [0.25, 0.3) is 0 Å². The Morgan fingerprint density at radius 1 is 1.68 bits per heavy atom. The minimum atomic E-state index is -0.571. The van der Waals surface area contributed by atoms with Crippen molar-refractivity contribution in [3.63, 3.8) is 0 Å². The number of ether oxygens (including phenoxy) is 1. The van der Waals surface area contributed by atoms with E-state index in [0.717, 1.165) is 0 Å². The van der Waals surface area contributed by atoms with Crippen LogP contribution < -0.4 is 10.6 Å². The highest BCUT2D eigenvalue weighted by atomic mass is 19.1. The van der Waals surface area contributed by atoms with Gasteiger partial charge < -0.3 is 20.6 Å². The van der Waals surface area contributed by atoms with Crippen LogP contribution in [0.5, 0.6) is 0 Å². The van der Waals surface area contributed by atoms with Crippen molar-refractivity contribution in [3.05, 3.63) is 17.8 Å². The van der Waals surface area contributed by atoms with Crippen LogP contribution in [0.3, 0.4) is 0 Å². The Hall–Kier alpha value is -1.96. The van der Waals surface area contributed by atoms with Crippen LogP contribution >= 0.6 is 0 Å². The molecule has 1 aromatic rings. The van der Waals surface area contributed by atoms with Gasteiger partial charge in [-0.3, -0.25) is 0 Å². The molecule has 7 nitrogen and oxygen atoms in total. The SMILES string of the molecule is CCc1ncnc(N2CCOC(C(N)=NO)C2)c1F. The first kappa shape index (κ1) is 13.5. The molecule has 1 atom stereocenters. The molecule has 1 aliphatic heterocycles. The van der Waals surface area contributed by atoms with E-state index in [1.165, 1.54) is 6.33 Å². The summed E-state index contributed by atoms with van der Waals surface area (Å²) < 4.78 is 19.5. The van der Waals surface area contributed by atoms with Crippen LogP contribution in [-0.4, -0.2) is 46.8 Å². The van der Waals surface area contributed by atoms with Crippen molar-refractivity contribution >= 4 is 11.7 Å². The van der Waals surface area contributed by atoms with Crippen LogP contribution in [-0.2, 0) is 11.2 Å². The first-order valence-electron chi connectivity index (χ1n) is 6.00. The van der Waals surface area contributed by atoms with Crippen LogP contribution in [0.4, 0.5) is 10.2 Å². The topological polar surface area (TPSA) is 96.9 Å². The smallest absolute Gasteiger partial charge is 0.187 e. The molecule has 19 heavy (non-hydrogen) atoms. The number of halogens is 1. The number of anilines is 1. The number of hydrogen-bond acceptors (Lipinski definition) is 6. The summed E-state index contributed by atoms with van der Waals surface area (Å²) in [6, 6.07) is 0. The van der Waals surface area contributed by atoms with Gasteiger partial charge in [-0.05, 0) is 6.42 Å². The van der Waals surface area contributed by atoms with Gasteiger partial charge in [-0.25, -0.2) is 14.4 Å². The molecule has 1 aromatic heterocycles. The number of oxime groups is 1. The Morgan fingerprint density at radius 2 is 2.47 bits per heavy atom. The quantitative estimate of drug-likeness (QED) is 0.350. The van der Waals surface area contributed by atoms with E-state index >= 15 is 0 Å². The fourth-order valence-electron chi connectivity index (χ4n) is 1.95. The van der Waals surface area contributed by atoms with Crippen molar-refractivity contribution in [2.45, 2.75) is 19.4 Å². The van der Waals surface area contributed by atoms with Gasteiger partial charge in [-0.15, -0.1) is 0 Å². The normalized spacial score (nSPS) is 20.6. The fourth-order valence-corrected chi connectivity index (χ4v) is 1.95. The molecule has 0 aliphatic carbocycles. The zero-order valence-corrected chi connectivity index (χ0v) is 10.6. The molecule has 2 rings (SSSR count). The van der Waals surface area contributed by atoms with Gasteiger partial charge in [0.15, 0.2) is 17.5 Å². The molecule has 1 saturated heterocycles. The Kier molecular flexibility index (Phi) is 4.10. The van der Waals surface area contributed by atoms with Crippen LogP contribution in [0.25, 0.3) is 0 Å². The van der Waals surface area contributed by atoms with Gasteiger partial charge in [-0.1, -0.05) is 12.1 Å². The van der Waals surface area contributed by atoms with Crippen LogP contribution in [0.15, 0.2) is 11.5 Å². The van der Waals surface area contributed by atoms with E-state index < -0.39 is 11.9 Å². The Morgan fingerprint density at radius 3 is 3.16 bits per heavy atom. The molecule has 0 spiro atoms. The highest BCUT2D eigenvalue weighted by Crippen LogP contribution is 2.20. The van der Waals surface area contributed by atoms with E-state index in [2.05, 4.69) is 15.1 Å². The van der Waals surface area contributed by atoms with E-state index in [1.54, 1.807) is 4.90 Å². The highest BCUT2D eigenvalue weighted by Gasteiger charge is 2.27. The van der Waals surface area contributed by atoms with Crippen molar-refractivity contribution in [1.82, 2.24) is 9.97 Å². The summed E-state index contributed by atoms with van der Waals surface area (Å²) in [5.41, 5.74) is 5.88.